The van der Waals surface area contributed by atoms with Gasteiger partial charge in [-0.15, -0.1) is 0 Å². The number of amides is 1. The van der Waals surface area contributed by atoms with Crippen molar-refractivity contribution in [1.29, 1.82) is 0 Å². The van der Waals surface area contributed by atoms with E-state index in [2.05, 4.69) is 4.90 Å². The summed E-state index contributed by atoms with van der Waals surface area (Å²) in [6.07, 6.45) is 0. The van der Waals surface area contributed by atoms with Gasteiger partial charge in [-0.2, -0.15) is 0 Å². The highest BCUT2D eigenvalue weighted by Crippen LogP contribution is 2.05. The second kappa shape index (κ2) is 5.32. The maximum Gasteiger partial charge on any atom is 0.226 e. The van der Waals surface area contributed by atoms with Crippen molar-refractivity contribution in [3.8, 4) is 0 Å². The molecule has 0 aromatic heterocycles. The minimum atomic E-state index is 0.0862. The van der Waals surface area contributed by atoms with Gasteiger partial charge in [0, 0.05) is 39.6 Å². The molecule has 4 heteroatoms. The summed E-state index contributed by atoms with van der Waals surface area (Å²) in [7, 11) is 3.61. The molecule has 1 saturated heterocycles. The number of ether oxygens (including phenoxy) is 1. The molecule has 0 N–H and O–H groups in total. The summed E-state index contributed by atoms with van der Waals surface area (Å²) in [6, 6.07) is 0. The predicted octanol–water partition coefficient (Wildman–Crippen LogP) is 0.0429. The second-order valence-corrected chi connectivity index (χ2v) is 4.05. The molecule has 1 atom stereocenters. The first kappa shape index (κ1) is 11.5. The largest absolute Gasteiger partial charge is 0.379 e. The molecule has 1 aliphatic heterocycles. The van der Waals surface area contributed by atoms with Crippen molar-refractivity contribution in [1.82, 2.24) is 9.80 Å². The Balaban J connectivity index is 2.31. The fourth-order valence-electron chi connectivity index (χ4n) is 1.69. The zero-order chi connectivity index (χ0) is 10.6. The Kier molecular flexibility index (Phi) is 4.35. The van der Waals surface area contributed by atoms with Crippen LogP contribution < -0.4 is 0 Å². The Labute approximate surface area is 85.8 Å². The monoisotopic (exact) mass is 200 g/mol. The van der Waals surface area contributed by atoms with Crippen LogP contribution in [0, 0.1) is 5.92 Å². The first-order valence-corrected chi connectivity index (χ1v) is 5.12. The quantitative estimate of drug-likeness (QED) is 0.645. The Morgan fingerprint density at radius 2 is 2.00 bits per heavy atom. The van der Waals surface area contributed by atoms with E-state index < -0.39 is 0 Å². The van der Waals surface area contributed by atoms with Crippen LogP contribution in [0.5, 0.6) is 0 Å². The van der Waals surface area contributed by atoms with E-state index in [1.807, 2.05) is 6.92 Å². The van der Waals surface area contributed by atoms with Crippen LogP contribution in [0.2, 0.25) is 0 Å². The molecule has 0 aromatic rings. The zero-order valence-corrected chi connectivity index (χ0v) is 9.32. The number of carbonyl (C=O) groups excluding carboxylic acids is 1. The average molecular weight is 200 g/mol. The van der Waals surface area contributed by atoms with Gasteiger partial charge in [0.05, 0.1) is 13.2 Å². The molecule has 14 heavy (non-hydrogen) atoms. The highest BCUT2D eigenvalue weighted by atomic mass is 16.5. The summed E-state index contributed by atoms with van der Waals surface area (Å²) in [4.78, 5) is 15.5. The molecule has 0 aliphatic carbocycles. The maximum atomic E-state index is 11.6. The zero-order valence-electron chi connectivity index (χ0n) is 9.32. The van der Waals surface area contributed by atoms with E-state index in [0.717, 1.165) is 32.8 Å². The van der Waals surface area contributed by atoms with Crippen LogP contribution in [-0.2, 0) is 9.53 Å². The van der Waals surface area contributed by atoms with Gasteiger partial charge in [0.15, 0.2) is 0 Å². The standard InChI is InChI=1S/C10H20N2O2/c1-9(10(13)11(2)3)8-12-4-6-14-7-5-12/h9H,4-8H2,1-3H3. The van der Waals surface area contributed by atoms with Crippen LogP contribution >= 0.6 is 0 Å². The second-order valence-electron chi connectivity index (χ2n) is 4.05. The van der Waals surface area contributed by atoms with Crippen molar-refractivity contribution in [2.24, 2.45) is 5.92 Å². The molecule has 4 nitrogen and oxygen atoms in total. The molecule has 1 rings (SSSR count). The van der Waals surface area contributed by atoms with E-state index in [9.17, 15) is 4.79 Å². The van der Waals surface area contributed by atoms with E-state index >= 15 is 0 Å². The van der Waals surface area contributed by atoms with Crippen molar-refractivity contribution in [2.75, 3.05) is 46.9 Å². The lowest BCUT2D eigenvalue weighted by atomic mass is 10.1. The summed E-state index contributed by atoms with van der Waals surface area (Å²) in [5.41, 5.74) is 0. The summed E-state index contributed by atoms with van der Waals surface area (Å²) in [6.45, 7) is 6.32. The van der Waals surface area contributed by atoms with Gasteiger partial charge in [0.1, 0.15) is 0 Å². The highest BCUT2D eigenvalue weighted by Gasteiger charge is 2.19. The minimum absolute atomic E-state index is 0.0862. The third kappa shape index (κ3) is 3.27. The van der Waals surface area contributed by atoms with E-state index in [-0.39, 0.29) is 11.8 Å². The average Bonchev–Trinajstić information content (AvgIpc) is 2.18. The number of carbonyl (C=O) groups is 1. The molecule has 0 spiro atoms. The first-order valence-electron chi connectivity index (χ1n) is 5.12. The molecule has 0 radical (unpaired) electrons. The van der Waals surface area contributed by atoms with Gasteiger partial charge in [-0.1, -0.05) is 6.92 Å². The van der Waals surface area contributed by atoms with E-state index in [1.54, 1.807) is 19.0 Å². The molecule has 0 bridgehead atoms. The van der Waals surface area contributed by atoms with Gasteiger partial charge in [-0.3, -0.25) is 9.69 Å². The lowest BCUT2D eigenvalue weighted by Gasteiger charge is -2.29. The molecule has 82 valence electrons. The Morgan fingerprint density at radius 1 is 1.43 bits per heavy atom. The van der Waals surface area contributed by atoms with E-state index in [0.29, 0.717) is 0 Å². The summed E-state index contributed by atoms with van der Waals surface area (Å²) >= 11 is 0. The Morgan fingerprint density at radius 3 is 2.50 bits per heavy atom. The lowest BCUT2D eigenvalue weighted by molar-refractivity contribution is -0.133. The van der Waals surface area contributed by atoms with Gasteiger partial charge in [0.2, 0.25) is 5.91 Å². The number of morpholine rings is 1. The minimum Gasteiger partial charge on any atom is -0.379 e. The third-order valence-corrected chi connectivity index (χ3v) is 2.50. The Bertz CT molecular complexity index is 189. The normalized spacial score (nSPS) is 20.5. The number of hydrogen-bond donors (Lipinski definition) is 0. The molecule has 0 saturated carbocycles. The van der Waals surface area contributed by atoms with Crippen molar-refractivity contribution < 1.29 is 9.53 Å². The van der Waals surface area contributed by atoms with Crippen LogP contribution in [0.4, 0.5) is 0 Å². The molecule has 1 amide bonds. The molecular weight excluding hydrogens is 180 g/mol. The first-order chi connectivity index (χ1) is 6.61. The molecule has 1 heterocycles. The van der Waals surface area contributed by atoms with Crippen molar-refractivity contribution in [3.05, 3.63) is 0 Å². The molecule has 1 fully saturated rings. The SMILES string of the molecule is CC(CN1CCOCC1)C(=O)N(C)C. The van der Waals surface area contributed by atoms with Crippen LogP contribution in [0.15, 0.2) is 0 Å². The van der Waals surface area contributed by atoms with Gasteiger partial charge in [-0.25, -0.2) is 0 Å². The van der Waals surface area contributed by atoms with Crippen LogP contribution in [0.3, 0.4) is 0 Å². The van der Waals surface area contributed by atoms with Crippen molar-refractivity contribution >= 4 is 5.91 Å². The number of nitrogens with zero attached hydrogens (tertiary/aromatic N) is 2. The topological polar surface area (TPSA) is 32.8 Å². The molecule has 1 unspecified atom stereocenters. The van der Waals surface area contributed by atoms with Gasteiger partial charge in [-0.05, 0) is 0 Å². The Hall–Kier alpha value is -0.610. The predicted molar refractivity (Wildman–Crippen MR) is 55.1 cm³/mol. The maximum absolute atomic E-state index is 11.6. The number of rotatable bonds is 3. The van der Waals surface area contributed by atoms with Gasteiger partial charge >= 0.3 is 0 Å². The van der Waals surface area contributed by atoms with E-state index in [4.69, 9.17) is 4.74 Å². The van der Waals surface area contributed by atoms with E-state index in [1.165, 1.54) is 0 Å². The fourth-order valence-corrected chi connectivity index (χ4v) is 1.69. The van der Waals surface area contributed by atoms with Crippen LogP contribution in [-0.4, -0.2) is 62.7 Å². The van der Waals surface area contributed by atoms with Crippen LogP contribution in [0.1, 0.15) is 6.92 Å². The number of hydrogen-bond acceptors (Lipinski definition) is 3. The molecule has 0 aromatic carbocycles. The van der Waals surface area contributed by atoms with Crippen LogP contribution in [0.25, 0.3) is 0 Å². The highest BCUT2D eigenvalue weighted by molar-refractivity contribution is 5.78. The summed E-state index contributed by atoms with van der Waals surface area (Å²) in [5, 5.41) is 0. The van der Waals surface area contributed by atoms with Gasteiger partial charge in [0.25, 0.3) is 0 Å². The smallest absolute Gasteiger partial charge is 0.226 e. The van der Waals surface area contributed by atoms with Crippen molar-refractivity contribution in [2.45, 2.75) is 6.92 Å². The fraction of sp³-hybridized carbons (Fsp3) is 0.900. The molecular formula is C10H20N2O2. The van der Waals surface area contributed by atoms with Crippen molar-refractivity contribution in [3.63, 3.8) is 0 Å². The summed E-state index contributed by atoms with van der Waals surface area (Å²) in [5.74, 6) is 0.291. The molecule has 1 aliphatic rings. The van der Waals surface area contributed by atoms with Gasteiger partial charge < -0.3 is 9.64 Å². The lowest BCUT2D eigenvalue weighted by Crippen LogP contribution is -2.42. The third-order valence-electron chi connectivity index (χ3n) is 2.50. The summed E-state index contributed by atoms with van der Waals surface area (Å²) < 4.78 is 5.25.